The van der Waals surface area contributed by atoms with Crippen molar-refractivity contribution in [3.8, 4) is 0 Å². The molecule has 0 aromatic heterocycles. The number of nitrogens with one attached hydrogen (secondary N) is 3. The van der Waals surface area contributed by atoms with Gasteiger partial charge in [-0.3, -0.25) is 4.79 Å². The molecular formula is C15H23ClN4OS. The smallest absolute Gasteiger partial charge is 0.241 e. The van der Waals surface area contributed by atoms with E-state index in [4.69, 9.17) is 11.6 Å². The highest BCUT2D eigenvalue weighted by Gasteiger charge is 2.01. The van der Waals surface area contributed by atoms with Crippen molar-refractivity contribution < 1.29 is 4.79 Å². The summed E-state index contributed by atoms with van der Waals surface area (Å²) >= 11 is 7.59. The third kappa shape index (κ3) is 8.14. The fourth-order valence-corrected chi connectivity index (χ4v) is 2.51. The fourth-order valence-electron chi connectivity index (χ4n) is 1.61. The third-order valence-corrected chi connectivity index (χ3v) is 3.84. The maximum absolute atomic E-state index is 11.4. The first-order valence-corrected chi connectivity index (χ1v) is 8.69. The van der Waals surface area contributed by atoms with Crippen LogP contribution in [0.5, 0.6) is 0 Å². The number of carbonyl (C=O) groups is 1. The van der Waals surface area contributed by atoms with E-state index in [0.29, 0.717) is 12.5 Å². The van der Waals surface area contributed by atoms with Crippen molar-refractivity contribution >= 4 is 35.2 Å². The Hall–Kier alpha value is -1.40. The van der Waals surface area contributed by atoms with Crippen molar-refractivity contribution in [2.75, 3.05) is 31.9 Å². The van der Waals surface area contributed by atoms with Gasteiger partial charge in [0.15, 0.2) is 5.96 Å². The van der Waals surface area contributed by atoms with Gasteiger partial charge >= 0.3 is 0 Å². The standard InChI is InChI=1S/C15H23ClN4OS/c1-3-17-14(21)11-20-15(18-4-2)19-9-10-22-13-7-5-12(16)6-8-13/h5-8H,3-4,9-11H2,1-2H3,(H,17,21)(H2,18,19,20). The van der Waals surface area contributed by atoms with E-state index in [1.54, 1.807) is 11.8 Å². The van der Waals surface area contributed by atoms with Gasteiger partial charge in [0.25, 0.3) is 0 Å². The second kappa shape index (κ2) is 11.2. The van der Waals surface area contributed by atoms with Crippen LogP contribution in [0.1, 0.15) is 13.8 Å². The maximum atomic E-state index is 11.4. The SMILES string of the molecule is CCNC(=O)CN=C(NCC)NCCSc1ccc(Cl)cc1. The lowest BCUT2D eigenvalue weighted by Gasteiger charge is -2.11. The topological polar surface area (TPSA) is 65.5 Å². The van der Waals surface area contributed by atoms with Crippen molar-refractivity contribution in [1.82, 2.24) is 16.0 Å². The summed E-state index contributed by atoms with van der Waals surface area (Å²) in [6.45, 7) is 6.15. The van der Waals surface area contributed by atoms with E-state index >= 15 is 0 Å². The maximum Gasteiger partial charge on any atom is 0.241 e. The number of amides is 1. The fraction of sp³-hybridized carbons (Fsp3) is 0.467. The number of thioether (sulfide) groups is 1. The van der Waals surface area contributed by atoms with Gasteiger partial charge in [-0.15, -0.1) is 11.8 Å². The van der Waals surface area contributed by atoms with E-state index in [1.807, 2.05) is 38.1 Å². The number of rotatable bonds is 8. The molecule has 0 fully saturated rings. The molecule has 0 unspecified atom stereocenters. The second-order valence-electron chi connectivity index (χ2n) is 4.38. The lowest BCUT2D eigenvalue weighted by molar-refractivity contribution is -0.119. The minimum atomic E-state index is -0.0738. The highest BCUT2D eigenvalue weighted by atomic mass is 35.5. The Morgan fingerprint density at radius 1 is 1.14 bits per heavy atom. The number of benzene rings is 1. The van der Waals surface area contributed by atoms with E-state index in [2.05, 4.69) is 20.9 Å². The molecule has 0 atom stereocenters. The molecule has 1 aromatic carbocycles. The minimum absolute atomic E-state index is 0.0738. The summed E-state index contributed by atoms with van der Waals surface area (Å²) in [5, 5.41) is 9.79. The summed E-state index contributed by atoms with van der Waals surface area (Å²) in [6.07, 6.45) is 0. The van der Waals surface area contributed by atoms with Gasteiger partial charge in [0.05, 0.1) is 0 Å². The molecule has 0 saturated heterocycles. The molecule has 1 amide bonds. The first-order chi connectivity index (χ1) is 10.7. The Morgan fingerprint density at radius 3 is 2.45 bits per heavy atom. The lowest BCUT2D eigenvalue weighted by Crippen LogP contribution is -2.39. The predicted molar refractivity (Wildman–Crippen MR) is 94.8 cm³/mol. The van der Waals surface area contributed by atoms with Crippen LogP contribution < -0.4 is 16.0 Å². The highest BCUT2D eigenvalue weighted by molar-refractivity contribution is 7.99. The molecular weight excluding hydrogens is 320 g/mol. The van der Waals surface area contributed by atoms with Crippen LogP contribution in [0.15, 0.2) is 34.2 Å². The van der Waals surface area contributed by atoms with Gasteiger partial charge in [-0.1, -0.05) is 11.6 Å². The summed E-state index contributed by atoms with van der Waals surface area (Å²) in [5.74, 6) is 1.48. The Bertz CT molecular complexity index is 479. The molecule has 1 aromatic rings. The first kappa shape index (κ1) is 18.6. The van der Waals surface area contributed by atoms with Gasteiger partial charge in [-0.2, -0.15) is 0 Å². The molecule has 0 aliphatic carbocycles. The van der Waals surface area contributed by atoms with Crippen molar-refractivity contribution in [3.63, 3.8) is 0 Å². The van der Waals surface area contributed by atoms with E-state index in [0.717, 1.165) is 23.9 Å². The summed E-state index contributed by atoms with van der Waals surface area (Å²) in [7, 11) is 0. The van der Waals surface area contributed by atoms with E-state index in [9.17, 15) is 4.79 Å². The highest BCUT2D eigenvalue weighted by Crippen LogP contribution is 2.19. The molecule has 0 aliphatic rings. The number of guanidine groups is 1. The molecule has 5 nitrogen and oxygen atoms in total. The number of halogens is 1. The zero-order valence-electron chi connectivity index (χ0n) is 13.0. The van der Waals surface area contributed by atoms with E-state index in [1.165, 1.54) is 4.90 Å². The van der Waals surface area contributed by atoms with E-state index in [-0.39, 0.29) is 12.5 Å². The average Bonchev–Trinajstić information content (AvgIpc) is 2.51. The molecule has 0 radical (unpaired) electrons. The zero-order chi connectivity index (χ0) is 16.2. The summed E-state index contributed by atoms with van der Waals surface area (Å²) in [6, 6.07) is 7.77. The molecule has 122 valence electrons. The normalized spacial score (nSPS) is 11.1. The van der Waals surface area contributed by atoms with Gasteiger partial charge in [0.2, 0.25) is 5.91 Å². The van der Waals surface area contributed by atoms with Gasteiger partial charge in [0.1, 0.15) is 6.54 Å². The monoisotopic (exact) mass is 342 g/mol. The number of likely N-dealkylation sites (N-methyl/N-ethyl adjacent to an activating group) is 1. The number of carbonyl (C=O) groups excluding carboxylic acids is 1. The summed E-state index contributed by atoms with van der Waals surface area (Å²) in [5.41, 5.74) is 0. The number of hydrogen-bond donors (Lipinski definition) is 3. The second-order valence-corrected chi connectivity index (χ2v) is 5.98. The summed E-state index contributed by atoms with van der Waals surface area (Å²) < 4.78 is 0. The molecule has 1 rings (SSSR count). The first-order valence-electron chi connectivity index (χ1n) is 7.33. The van der Waals surface area contributed by atoms with Gasteiger partial charge < -0.3 is 16.0 Å². The predicted octanol–water partition coefficient (Wildman–Crippen LogP) is 2.12. The molecule has 0 heterocycles. The lowest BCUT2D eigenvalue weighted by atomic mass is 10.4. The largest absolute Gasteiger partial charge is 0.357 e. The number of nitrogens with zero attached hydrogens (tertiary/aromatic N) is 1. The van der Waals surface area contributed by atoms with Crippen molar-refractivity contribution in [2.45, 2.75) is 18.7 Å². The molecule has 0 saturated carbocycles. The Morgan fingerprint density at radius 2 is 1.82 bits per heavy atom. The van der Waals surface area contributed by atoms with E-state index < -0.39 is 0 Å². The van der Waals surface area contributed by atoms with Crippen LogP contribution in [0.4, 0.5) is 0 Å². The van der Waals surface area contributed by atoms with Crippen LogP contribution in [-0.2, 0) is 4.79 Å². The Kier molecular flexibility index (Phi) is 9.50. The van der Waals surface area contributed by atoms with Crippen LogP contribution >= 0.6 is 23.4 Å². The zero-order valence-corrected chi connectivity index (χ0v) is 14.6. The third-order valence-electron chi connectivity index (χ3n) is 2.58. The van der Waals surface area contributed by atoms with Gasteiger partial charge in [0, 0.05) is 35.3 Å². The molecule has 7 heteroatoms. The molecule has 0 aliphatic heterocycles. The molecule has 22 heavy (non-hydrogen) atoms. The molecule has 0 spiro atoms. The van der Waals surface area contributed by atoms with Crippen LogP contribution in [0.2, 0.25) is 5.02 Å². The van der Waals surface area contributed by atoms with Gasteiger partial charge in [-0.05, 0) is 38.1 Å². The quantitative estimate of drug-likeness (QED) is 0.293. The molecule has 0 bridgehead atoms. The van der Waals surface area contributed by atoms with Crippen LogP contribution in [-0.4, -0.2) is 43.8 Å². The molecule has 3 N–H and O–H groups in total. The van der Waals surface area contributed by atoms with Crippen molar-refractivity contribution in [2.24, 2.45) is 4.99 Å². The average molecular weight is 343 g/mol. The number of aliphatic imine (C=N–C) groups is 1. The van der Waals surface area contributed by atoms with Crippen molar-refractivity contribution in [1.29, 1.82) is 0 Å². The summed E-state index contributed by atoms with van der Waals surface area (Å²) in [4.78, 5) is 16.8. The van der Waals surface area contributed by atoms with Crippen molar-refractivity contribution in [3.05, 3.63) is 29.3 Å². The van der Waals surface area contributed by atoms with Crippen LogP contribution in [0.3, 0.4) is 0 Å². The minimum Gasteiger partial charge on any atom is -0.357 e. The Balaban J connectivity index is 2.32. The number of hydrogen-bond acceptors (Lipinski definition) is 3. The van der Waals surface area contributed by atoms with Crippen LogP contribution in [0.25, 0.3) is 0 Å². The Labute approximate surface area is 141 Å². The van der Waals surface area contributed by atoms with Gasteiger partial charge in [-0.25, -0.2) is 4.99 Å². The van der Waals surface area contributed by atoms with Crippen LogP contribution in [0, 0.1) is 0 Å².